The van der Waals surface area contributed by atoms with Gasteiger partial charge in [-0.3, -0.25) is 14.0 Å². The van der Waals surface area contributed by atoms with Crippen LogP contribution in [0, 0.1) is 0 Å². The van der Waals surface area contributed by atoms with Gasteiger partial charge in [-0.15, -0.1) is 0 Å². The third-order valence-electron chi connectivity index (χ3n) is 7.95. The molecule has 3 aromatic heterocycles. The van der Waals surface area contributed by atoms with Crippen molar-refractivity contribution in [2.75, 3.05) is 26.2 Å². The first kappa shape index (κ1) is 26.0. The predicted molar refractivity (Wildman–Crippen MR) is 151 cm³/mol. The molecule has 0 saturated carbocycles. The Morgan fingerprint density at radius 3 is 2.67 bits per heavy atom. The van der Waals surface area contributed by atoms with Crippen molar-refractivity contribution in [3.05, 3.63) is 68.8 Å². The maximum absolute atomic E-state index is 12.6. The molecule has 10 nitrogen and oxygen atoms in total. The minimum atomic E-state index is -0.591. The molecule has 0 aliphatic carbocycles. The summed E-state index contributed by atoms with van der Waals surface area (Å²) in [6.07, 6.45) is 3.48. The van der Waals surface area contributed by atoms with E-state index >= 15 is 0 Å². The zero-order chi connectivity index (χ0) is 27.1. The molecule has 0 radical (unpaired) electrons. The summed E-state index contributed by atoms with van der Waals surface area (Å²) >= 11 is 3.50. The fourth-order valence-corrected chi connectivity index (χ4v) is 6.23. The molecule has 5 heterocycles. The van der Waals surface area contributed by atoms with Crippen molar-refractivity contribution in [2.24, 2.45) is 0 Å². The summed E-state index contributed by atoms with van der Waals surface area (Å²) in [5, 5.41) is 16.0. The van der Waals surface area contributed by atoms with Gasteiger partial charge in [-0.2, -0.15) is 5.10 Å². The number of aromatic amines is 1. The van der Waals surface area contributed by atoms with Gasteiger partial charge in [-0.05, 0) is 37.1 Å². The highest BCUT2D eigenvalue weighted by Crippen LogP contribution is 2.31. The molecule has 204 valence electrons. The number of benzene rings is 1. The fraction of sp³-hybridized carbons (Fsp3) is 0.429. The minimum absolute atomic E-state index is 0.0595. The number of nitrogens with one attached hydrogen (secondary N) is 1. The third-order valence-corrected chi connectivity index (χ3v) is 8.48. The van der Waals surface area contributed by atoms with E-state index in [1.807, 2.05) is 46.0 Å². The van der Waals surface area contributed by atoms with Crippen LogP contribution in [0.25, 0.3) is 22.4 Å². The summed E-state index contributed by atoms with van der Waals surface area (Å²) in [5.41, 5.74) is 5.37. The van der Waals surface area contributed by atoms with Gasteiger partial charge in [0.05, 0.1) is 23.9 Å². The highest BCUT2D eigenvalue weighted by Gasteiger charge is 2.29. The molecule has 11 heteroatoms. The van der Waals surface area contributed by atoms with E-state index in [9.17, 15) is 14.7 Å². The number of halogens is 1. The molecular formula is C28H32BrN7O3. The Bertz CT molecular complexity index is 1550. The number of H-pyrrole nitrogens is 1. The van der Waals surface area contributed by atoms with Crippen LogP contribution in [0.4, 0.5) is 0 Å². The molecule has 2 aliphatic heterocycles. The Balaban J connectivity index is 1.15. The molecule has 1 saturated heterocycles. The number of carbonyl (C=O) groups excluding carboxylic acids is 1. The SMILES string of the molecule is CC(=O)N1CCc2c(c(-c3ccc(Br)cc3)nn2CC(O)CN2CCC(n3c(=O)[nH]c4cccnc43)CC2)C1. The zero-order valence-electron chi connectivity index (χ0n) is 21.9. The summed E-state index contributed by atoms with van der Waals surface area (Å²) in [6.45, 7) is 5.31. The smallest absolute Gasteiger partial charge is 0.327 e. The molecule has 2 N–H and O–H groups in total. The van der Waals surface area contributed by atoms with Crippen molar-refractivity contribution in [3.63, 3.8) is 0 Å². The fourth-order valence-electron chi connectivity index (χ4n) is 5.96. The Labute approximate surface area is 234 Å². The van der Waals surface area contributed by atoms with Crippen molar-refractivity contribution >= 4 is 33.0 Å². The lowest BCUT2D eigenvalue weighted by Gasteiger charge is -2.33. The number of hydrogen-bond acceptors (Lipinski definition) is 6. The molecular weight excluding hydrogens is 562 g/mol. The van der Waals surface area contributed by atoms with Crippen LogP contribution in [0.15, 0.2) is 51.9 Å². The van der Waals surface area contributed by atoms with E-state index in [1.165, 1.54) is 0 Å². The standard InChI is InChI=1S/C28H32BrN7O3/c1-18(37)34-14-10-25-23(17-34)26(19-4-6-20(29)7-5-19)32-35(25)16-22(38)15-33-12-8-21(9-13-33)36-27-24(31-28(36)39)3-2-11-30-27/h2-7,11,21-22,38H,8-10,12-17H2,1H3,(H,31,39). The van der Waals surface area contributed by atoms with Crippen molar-refractivity contribution in [1.82, 2.24) is 34.1 Å². The van der Waals surface area contributed by atoms with Gasteiger partial charge in [0.2, 0.25) is 5.91 Å². The Morgan fingerprint density at radius 2 is 1.92 bits per heavy atom. The quantitative estimate of drug-likeness (QED) is 0.355. The molecule has 1 amide bonds. The number of aromatic nitrogens is 5. The van der Waals surface area contributed by atoms with Crippen LogP contribution in [0.2, 0.25) is 0 Å². The lowest BCUT2D eigenvalue weighted by atomic mass is 10.0. The Kier molecular flexibility index (Phi) is 7.13. The van der Waals surface area contributed by atoms with E-state index in [0.717, 1.165) is 58.4 Å². The van der Waals surface area contributed by atoms with E-state index in [2.05, 4.69) is 30.8 Å². The van der Waals surface area contributed by atoms with Crippen LogP contribution in [0.1, 0.15) is 37.1 Å². The van der Waals surface area contributed by atoms with E-state index in [-0.39, 0.29) is 17.6 Å². The number of imidazole rings is 1. The number of aliphatic hydroxyl groups excluding tert-OH is 1. The largest absolute Gasteiger partial charge is 0.390 e. The Hall–Kier alpha value is -3.28. The second-order valence-electron chi connectivity index (χ2n) is 10.5. The van der Waals surface area contributed by atoms with Gasteiger partial charge in [0.15, 0.2) is 5.65 Å². The molecule has 39 heavy (non-hydrogen) atoms. The lowest BCUT2D eigenvalue weighted by Crippen LogP contribution is -2.42. The van der Waals surface area contributed by atoms with Gasteiger partial charge in [0, 0.05) is 79.6 Å². The average molecular weight is 595 g/mol. The van der Waals surface area contributed by atoms with Crippen LogP contribution >= 0.6 is 15.9 Å². The summed E-state index contributed by atoms with van der Waals surface area (Å²) in [7, 11) is 0. The van der Waals surface area contributed by atoms with Crippen molar-refractivity contribution in [2.45, 2.75) is 51.4 Å². The number of rotatable bonds is 6. The number of pyridine rings is 1. The van der Waals surface area contributed by atoms with Crippen molar-refractivity contribution in [1.29, 1.82) is 0 Å². The molecule has 1 unspecified atom stereocenters. The molecule has 0 bridgehead atoms. The lowest BCUT2D eigenvalue weighted by molar-refractivity contribution is -0.129. The number of nitrogens with zero attached hydrogens (tertiary/aromatic N) is 6. The van der Waals surface area contributed by atoms with Gasteiger partial charge in [-0.1, -0.05) is 28.1 Å². The second kappa shape index (κ2) is 10.7. The first-order valence-corrected chi connectivity index (χ1v) is 14.2. The van der Waals surface area contributed by atoms with Crippen LogP contribution in [0.3, 0.4) is 0 Å². The number of aliphatic hydroxyl groups is 1. The number of hydrogen-bond donors (Lipinski definition) is 2. The van der Waals surface area contributed by atoms with Crippen molar-refractivity contribution < 1.29 is 9.90 Å². The average Bonchev–Trinajstić information content (AvgIpc) is 3.46. The molecule has 1 atom stereocenters. The minimum Gasteiger partial charge on any atom is -0.390 e. The van der Waals surface area contributed by atoms with E-state index < -0.39 is 6.10 Å². The predicted octanol–water partition coefficient (Wildman–Crippen LogP) is 2.95. The maximum atomic E-state index is 12.6. The number of likely N-dealkylation sites (tertiary alicyclic amines) is 1. The third kappa shape index (κ3) is 5.18. The first-order chi connectivity index (χ1) is 18.9. The van der Waals surface area contributed by atoms with Crippen LogP contribution in [0.5, 0.6) is 0 Å². The number of β-amino-alcohol motifs (C(OH)–C–C–N with tert-alkyl or cyclic N) is 1. The van der Waals surface area contributed by atoms with Crippen LogP contribution < -0.4 is 5.69 Å². The van der Waals surface area contributed by atoms with Gasteiger partial charge in [-0.25, -0.2) is 9.78 Å². The molecule has 1 fully saturated rings. The van der Waals surface area contributed by atoms with Gasteiger partial charge in [0.25, 0.3) is 0 Å². The highest BCUT2D eigenvalue weighted by molar-refractivity contribution is 9.10. The Morgan fingerprint density at radius 1 is 1.15 bits per heavy atom. The summed E-state index contributed by atoms with van der Waals surface area (Å²) in [4.78, 5) is 36.1. The number of amides is 1. The van der Waals surface area contributed by atoms with Gasteiger partial charge < -0.3 is 19.9 Å². The normalized spacial score (nSPS) is 17.5. The first-order valence-electron chi connectivity index (χ1n) is 13.4. The summed E-state index contributed by atoms with van der Waals surface area (Å²) < 4.78 is 4.72. The summed E-state index contributed by atoms with van der Waals surface area (Å²) in [5.74, 6) is 0.0595. The zero-order valence-corrected chi connectivity index (χ0v) is 23.5. The summed E-state index contributed by atoms with van der Waals surface area (Å²) in [6, 6.07) is 11.8. The molecule has 0 spiro atoms. The van der Waals surface area contributed by atoms with E-state index in [0.29, 0.717) is 38.2 Å². The number of fused-ring (bicyclic) bond motifs is 2. The van der Waals surface area contributed by atoms with E-state index in [4.69, 9.17) is 5.10 Å². The van der Waals surface area contributed by atoms with Crippen molar-refractivity contribution in [3.8, 4) is 11.3 Å². The molecule has 2 aliphatic rings. The second-order valence-corrected chi connectivity index (χ2v) is 11.4. The molecule has 4 aromatic rings. The topological polar surface area (TPSA) is 112 Å². The number of piperidine rings is 1. The molecule has 1 aromatic carbocycles. The maximum Gasteiger partial charge on any atom is 0.327 e. The van der Waals surface area contributed by atoms with Crippen LogP contribution in [-0.2, 0) is 24.3 Å². The van der Waals surface area contributed by atoms with E-state index in [1.54, 1.807) is 17.7 Å². The molecule has 6 rings (SSSR count). The number of carbonyl (C=O) groups is 1. The van der Waals surface area contributed by atoms with Gasteiger partial charge >= 0.3 is 5.69 Å². The van der Waals surface area contributed by atoms with Crippen LogP contribution in [-0.4, -0.2) is 77.4 Å². The van der Waals surface area contributed by atoms with Gasteiger partial charge in [0.1, 0.15) is 0 Å². The highest BCUT2D eigenvalue weighted by atomic mass is 79.9. The monoisotopic (exact) mass is 593 g/mol.